The predicted molar refractivity (Wildman–Crippen MR) is 93.8 cm³/mol. The number of benzene rings is 1. The number of carbonyl (C=O) groups excluding carboxylic acids is 1. The third kappa shape index (κ3) is 4.83. The van der Waals surface area contributed by atoms with Crippen LogP contribution in [0.15, 0.2) is 36.1 Å². The van der Waals surface area contributed by atoms with Crippen molar-refractivity contribution in [2.24, 2.45) is 5.92 Å². The third-order valence-electron chi connectivity index (χ3n) is 5.21. The molecule has 0 saturated carbocycles. The van der Waals surface area contributed by atoms with E-state index in [1.807, 2.05) is 7.05 Å². The number of likely N-dealkylation sites (tertiary alicyclic amines) is 1. The zero-order valence-corrected chi connectivity index (χ0v) is 15.3. The van der Waals surface area contributed by atoms with Gasteiger partial charge < -0.3 is 9.47 Å². The van der Waals surface area contributed by atoms with Gasteiger partial charge >= 0.3 is 12.1 Å². The Balaban J connectivity index is 1.69. The summed E-state index contributed by atoms with van der Waals surface area (Å²) in [5, 5.41) is 0. The second kappa shape index (κ2) is 8.33. The van der Waals surface area contributed by atoms with Gasteiger partial charge in [0.25, 0.3) is 0 Å². The van der Waals surface area contributed by atoms with Crippen LogP contribution in [0.25, 0.3) is 0 Å². The second-order valence-corrected chi connectivity index (χ2v) is 7.16. The fraction of sp³-hybridized carbons (Fsp3) is 0.550. The van der Waals surface area contributed by atoms with Crippen molar-refractivity contribution in [1.29, 1.82) is 0 Å². The first-order valence-electron chi connectivity index (χ1n) is 9.21. The van der Waals surface area contributed by atoms with Crippen LogP contribution in [0.4, 0.5) is 13.2 Å². The van der Waals surface area contributed by atoms with Gasteiger partial charge in [-0.1, -0.05) is 12.1 Å². The van der Waals surface area contributed by atoms with Crippen molar-refractivity contribution in [1.82, 2.24) is 4.90 Å². The predicted octanol–water partition coefficient (Wildman–Crippen LogP) is 4.33. The van der Waals surface area contributed by atoms with Gasteiger partial charge in [-0.15, -0.1) is 0 Å². The van der Waals surface area contributed by atoms with E-state index in [4.69, 9.17) is 9.47 Å². The van der Waals surface area contributed by atoms with Crippen molar-refractivity contribution in [3.63, 3.8) is 0 Å². The lowest BCUT2D eigenvalue weighted by atomic mass is 9.85. The van der Waals surface area contributed by atoms with E-state index in [-0.39, 0.29) is 24.5 Å². The number of nitrogens with zero attached hydrogens (tertiary/aromatic N) is 1. The lowest BCUT2D eigenvalue weighted by Gasteiger charge is -2.39. The largest absolute Gasteiger partial charge is 0.501 e. The number of hydrogen-bond donors (Lipinski definition) is 0. The monoisotopic (exact) mass is 383 g/mol. The fourth-order valence-electron chi connectivity index (χ4n) is 3.82. The first kappa shape index (κ1) is 19.7. The van der Waals surface area contributed by atoms with Gasteiger partial charge in [-0.3, -0.25) is 4.90 Å². The minimum Gasteiger partial charge on any atom is -0.501 e. The summed E-state index contributed by atoms with van der Waals surface area (Å²) in [7, 11) is 1.95. The molecule has 0 aliphatic carbocycles. The van der Waals surface area contributed by atoms with Crippen LogP contribution in [0.2, 0.25) is 0 Å². The van der Waals surface area contributed by atoms with E-state index in [2.05, 4.69) is 4.90 Å². The molecule has 0 radical (unpaired) electrons. The highest BCUT2D eigenvalue weighted by Gasteiger charge is 2.34. The third-order valence-corrected chi connectivity index (χ3v) is 5.21. The van der Waals surface area contributed by atoms with Gasteiger partial charge in [-0.05, 0) is 57.0 Å². The summed E-state index contributed by atoms with van der Waals surface area (Å²) in [5.74, 6) is -0.330. The zero-order valence-electron chi connectivity index (χ0n) is 15.3. The highest BCUT2D eigenvalue weighted by atomic mass is 19.4. The maximum atomic E-state index is 12.8. The first-order valence-corrected chi connectivity index (χ1v) is 9.21. The van der Waals surface area contributed by atoms with Crippen LogP contribution in [0, 0.1) is 5.92 Å². The number of ether oxygens (including phenoxy) is 2. The Morgan fingerprint density at radius 3 is 2.63 bits per heavy atom. The van der Waals surface area contributed by atoms with Crippen molar-refractivity contribution in [2.75, 3.05) is 26.8 Å². The topological polar surface area (TPSA) is 38.8 Å². The summed E-state index contributed by atoms with van der Waals surface area (Å²) in [6.45, 7) is 1.71. The Kier molecular flexibility index (Phi) is 6.09. The Labute approximate surface area is 156 Å². The van der Waals surface area contributed by atoms with Gasteiger partial charge in [0.15, 0.2) is 0 Å². The lowest BCUT2D eigenvalue weighted by molar-refractivity contribution is -0.142. The molecule has 0 N–H and O–H groups in total. The molecule has 0 aromatic heterocycles. The summed E-state index contributed by atoms with van der Waals surface area (Å²) in [4.78, 5) is 14.3. The minimum absolute atomic E-state index is 0.0366. The Morgan fingerprint density at radius 2 is 2.00 bits per heavy atom. The number of piperidine rings is 1. The van der Waals surface area contributed by atoms with Crippen molar-refractivity contribution in [3.05, 3.63) is 47.2 Å². The molecule has 4 nitrogen and oxygen atoms in total. The van der Waals surface area contributed by atoms with E-state index in [9.17, 15) is 18.0 Å². The molecular weight excluding hydrogens is 359 g/mol. The molecule has 3 rings (SSSR count). The molecule has 2 heterocycles. The van der Waals surface area contributed by atoms with Gasteiger partial charge in [-0.25, -0.2) is 4.79 Å². The molecule has 0 unspecified atom stereocenters. The fourth-order valence-corrected chi connectivity index (χ4v) is 3.82. The molecule has 7 heteroatoms. The molecule has 27 heavy (non-hydrogen) atoms. The normalized spacial score (nSPS) is 24.1. The number of carbonyl (C=O) groups is 1. The number of rotatable bonds is 4. The van der Waals surface area contributed by atoms with E-state index in [1.54, 1.807) is 0 Å². The maximum Gasteiger partial charge on any atom is 0.416 e. The minimum atomic E-state index is -4.35. The summed E-state index contributed by atoms with van der Waals surface area (Å²) >= 11 is 0. The van der Waals surface area contributed by atoms with E-state index in [1.165, 1.54) is 18.4 Å². The number of alkyl halides is 3. The van der Waals surface area contributed by atoms with E-state index in [0.29, 0.717) is 18.6 Å². The number of halogens is 3. The van der Waals surface area contributed by atoms with Gasteiger partial charge in [0, 0.05) is 12.0 Å². The zero-order chi connectivity index (χ0) is 19.4. The highest BCUT2D eigenvalue weighted by Crippen LogP contribution is 2.37. The summed E-state index contributed by atoms with van der Waals surface area (Å²) in [6.07, 6.45) is 0.376. The van der Waals surface area contributed by atoms with Crippen molar-refractivity contribution < 1.29 is 27.4 Å². The van der Waals surface area contributed by atoms with Gasteiger partial charge in [-0.2, -0.15) is 13.2 Å². The average Bonchev–Trinajstić information content (AvgIpc) is 2.66. The van der Waals surface area contributed by atoms with Crippen LogP contribution in [-0.4, -0.2) is 37.7 Å². The summed E-state index contributed by atoms with van der Waals surface area (Å²) in [5.41, 5.74) is 0.694. The van der Waals surface area contributed by atoms with Crippen LogP contribution >= 0.6 is 0 Å². The van der Waals surface area contributed by atoms with Crippen LogP contribution in [-0.2, 0) is 20.4 Å². The molecule has 1 aromatic carbocycles. The SMILES string of the molecule is CN1CCC[C@@H](COC(=O)C2=COCCC2)[C@@H]1c1ccc(C(F)(F)F)cc1. The van der Waals surface area contributed by atoms with Crippen LogP contribution < -0.4 is 0 Å². The highest BCUT2D eigenvalue weighted by molar-refractivity contribution is 5.88. The maximum absolute atomic E-state index is 12.8. The van der Waals surface area contributed by atoms with E-state index < -0.39 is 11.7 Å². The molecule has 0 bridgehead atoms. The average molecular weight is 383 g/mol. The molecular formula is C20H24F3NO3. The lowest BCUT2D eigenvalue weighted by Crippen LogP contribution is -2.38. The Bertz CT molecular complexity index is 685. The molecule has 148 valence electrons. The summed E-state index contributed by atoms with van der Waals surface area (Å²) in [6, 6.07) is 5.21. The standard InChI is InChI=1S/C20H24F3NO3/c1-24-10-2-4-15(13-27-19(25)16-5-3-11-26-12-16)18(24)14-6-8-17(9-7-14)20(21,22)23/h6-9,12,15,18H,2-5,10-11,13H2,1H3/t15-,18-/m0/s1. The summed E-state index contributed by atoms with van der Waals surface area (Å²) < 4.78 is 49.1. The molecule has 2 aliphatic rings. The van der Waals surface area contributed by atoms with Crippen molar-refractivity contribution >= 4 is 5.97 Å². The van der Waals surface area contributed by atoms with Gasteiger partial charge in [0.05, 0.1) is 30.6 Å². The van der Waals surface area contributed by atoms with Gasteiger partial charge in [0.1, 0.15) is 0 Å². The van der Waals surface area contributed by atoms with Crippen molar-refractivity contribution in [3.8, 4) is 0 Å². The molecule has 1 fully saturated rings. The number of hydrogen-bond acceptors (Lipinski definition) is 4. The Morgan fingerprint density at radius 1 is 1.26 bits per heavy atom. The molecule has 2 aliphatic heterocycles. The van der Waals surface area contributed by atoms with Gasteiger partial charge in [0.2, 0.25) is 0 Å². The van der Waals surface area contributed by atoms with Crippen LogP contribution in [0.1, 0.15) is 42.9 Å². The van der Waals surface area contributed by atoms with Crippen LogP contribution in [0.5, 0.6) is 0 Å². The molecule has 0 amide bonds. The smallest absolute Gasteiger partial charge is 0.416 e. The molecule has 1 aromatic rings. The second-order valence-electron chi connectivity index (χ2n) is 7.16. The van der Waals surface area contributed by atoms with E-state index >= 15 is 0 Å². The van der Waals surface area contributed by atoms with Crippen molar-refractivity contribution in [2.45, 2.75) is 37.9 Å². The number of esters is 1. The van der Waals surface area contributed by atoms with E-state index in [0.717, 1.165) is 43.5 Å². The Hall–Kier alpha value is -2.02. The molecule has 2 atom stereocenters. The molecule has 0 spiro atoms. The van der Waals surface area contributed by atoms with Crippen LogP contribution in [0.3, 0.4) is 0 Å². The first-order chi connectivity index (χ1) is 12.9. The quantitative estimate of drug-likeness (QED) is 0.726. The molecule has 1 saturated heterocycles.